The summed E-state index contributed by atoms with van der Waals surface area (Å²) in [5, 5.41) is 11.2. The zero-order valence-electron chi connectivity index (χ0n) is 15.0. The molecule has 0 spiro atoms. The van der Waals surface area contributed by atoms with Crippen LogP contribution in [0.15, 0.2) is 59.8 Å². The zero-order valence-corrected chi connectivity index (χ0v) is 16.6. The summed E-state index contributed by atoms with van der Waals surface area (Å²) in [7, 11) is 0. The van der Waals surface area contributed by atoms with E-state index in [1.165, 1.54) is 17.3 Å². The number of hydrogen-bond acceptors (Lipinski definition) is 4. The fourth-order valence-corrected chi connectivity index (χ4v) is 3.47. The van der Waals surface area contributed by atoms with Crippen LogP contribution in [0.25, 0.3) is 11.4 Å². The quantitative estimate of drug-likeness (QED) is 0.551. The minimum atomic E-state index is -0.0235. The van der Waals surface area contributed by atoms with Gasteiger partial charge in [-0.15, -0.1) is 5.10 Å². The topological polar surface area (TPSA) is 70.7 Å². The first-order valence-electron chi connectivity index (χ1n) is 8.75. The molecule has 0 bridgehead atoms. The number of hydrogen-bond donors (Lipinski definition) is 2. The number of aryl methyl sites for hydroxylation is 1. The number of H-pyrrole nitrogens is 1. The highest BCUT2D eigenvalue weighted by Crippen LogP contribution is 2.25. The van der Waals surface area contributed by atoms with Crippen LogP contribution in [-0.2, 0) is 11.2 Å². The second kappa shape index (κ2) is 9.58. The molecule has 0 aliphatic carbocycles. The molecule has 2 aromatic carbocycles. The highest BCUT2D eigenvalue weighted by Gasteiger charge is 2.12. The van der Waals surface area contributed by atoms with Crippen molar-refractivity contribution in [2.45, 2.75) is 31.0 Å². The molecule has 0 saturated carbocycles. The fraction of sp³-hybridized carbons (Fsp3) is 0.250. The van der Waals surface area contributed by atoms with Crippen molar-refractivity contribution in [3.63, 3.8) is 0 Å². The highest BCUT2D eigenvalue weighted by atomic mass is 35.5. The normalized spacial score (nSPS) is 11.9. The molecule has 1 heterocycles. The number of halogens is 1. The van der Waals surface area contributed by atoms with E-state index in [4.69, 9.17) is 11.6 Å². The molecule has 0 radical (unpaired) electrons. The molecule has 5 nitrogen and oxygen atoms in total. The van der Waals surface area contributed by atoms with Gasteiger partial charge in [0.15, 0.2) is 5.82 Å². The average Bonchev–Trinajstić information content (AvgIpc) is 3.15. The third kappa shape index (κ3) is 5.84. The molecule has 0 saturated heterocycles. The van der Waals surface area contributed by atoms with Gasteiger partial charge in [0.05, 0.1) is 10.8 Å². The van der Waals surface area contributed by atoms with Crippen LogP contribution in [-0.4, -0.2) is 32.9 Å². The number of aromatic amines is 1. The van der Waals surface area contributed by atoms with Gasteiger partial charge >= 0.3 is 0 Å². The molecule has 0 aliphatic rings. The van der Waals surface area contributed by atoms with Gasteiger partial charge in [-0.2, -0.15) is 0 Å². The molecule has 140 valence electrons. The SMILES string of the molecule is C[C@@H](CCc1ccccc1)NC(=O)CSc1n[nH]c(-c2ccccc2Cl)n1. The molecule has 1 amide bonds. The Morgan fingerprint density at radius 2 is 1.93 bits per heavy atom. The lowest BCUT2D eigenvalue weighted by Gasteiger charge is -2.13. The van der Waals surface area contributed by atoms with Crippen LogP contribution >= 0.6 is 23.4 Å². The molecule has 0 unspecified atom stereocenters. The van der Waals surface area contributed by atoms with Gasteiger partial charge in [0.2, 0.25) is 11.1 Å². The Balaban J connectivity index is 1.45. The van der Waals surface area contributed by atoms with Crippen molar-refractivity contribution in [2.24, 2.45) is 0 Å². The second-order valence-electron chi connectivity index (χ2n) is 6.23. The molecule has 3 aromatic rings. The number of benzene rings is 2. The molecule has 2 N–H and O–H groups in total. The van der Waals surface area contributed by atoms with Crippen molar-refractivity contribution in [3.05, 3.63) is 65.2 Å². The lowest BCUT2D eigenvalue weighted by atomic mass is 10.1. The van der Waals surface area contributed by atoms with E-state index in [1.54, 1.807) is 6.07 Å². The van der Waals surface area contributed by atoms with Crippen LogP contribution in [0.5, 0.6) is 0 Å². The number of carbonyl (C=O) groups is 1. The third-order valence-electron chi connectivity index (χ3n) is 4.04. The largest absolute Gasteiger partial charge is 0.353 e. The van der Waals surface area contributed by atoms with Crippen molar-refractivity contribution >= 4 is 29.3 Å². The number of nitrogens with zero attached hydrogens (tertiary/aromatic N) is 2. The van der Waals surface area contributed by atoms with Gasteiger partial charge in [0.25, 0.3) is 0 Å². The molecule has 1 atom stereocenters. The van der Waals surface area contributed by atoms with Crippen LogP contribution in [0, 0.1) is 0 Å². The highest BCUT2D eigenvalue weighted by molar-refractivity contribution is 7.99. The maximum absolute atomic E-state index is 12.2. The molecule has 7 heteroatoms. The fourth-order valence-electron chi connectivity index (χ4n) is 2.63. The summed E-state index contributed by atoms with van der Waals surface area (Å²) in [4.78, 5) is 16.6. The third-order valence-corrected chi connectivity index (χ3v) is 5.22. The van der Waals surface area contributed by atoms with E-state index in [-0.39, 0.29) is 17.7 Å². The number of nitrogens with one attached hydrogen (secondary N) is 2. The summed E-state index contributed by atoms with van der Waals surface area (Å²) < 4.78 is 0. The Bertz CT molecular complexity index is 884. The zero-order chi connectivity index (χ0) is 19.1. The smallest absolute Gasteiger partial charge is 0.230 e. The van der Waals surface area contributed by atoms with Crippen molar-refractivity contribution in [2.75, 3.05) is 5.75 Å². The average molecular weight is 401 g/mol. The van der Waals surface area contributed by atoms with Crippen molar-refractivity contribution in [1.82, 2.24) is 20.5 Å². The summed E-state index contributed by atoms with van der Waals surface area (Å²) >= 11 is 7.47. The van der Waals surface area contributed by atoms with Gasteiger partial charge in [0, 0.05) is 11.6 Å². The standard InChI is InChI=1S/C20H21ClN4OS/c1-14(11-12-15-7-3-2-4-8-15)22-18(26)13-27-20-23-19(24-25-20)16-9-5-6-10-17(16)21/h2-10,14H,11-13H2,1H3,(H,22,26)(H,23,24,25)/t14-/m0/s1. The summed E-state index contributed by atoms with van der Waals surface area (Å²) in [6.45, 7) is 2.02. The van der Waals surface area contributed by atoms with Crippen LogP contribution < -0.4 is 5.32 Å². The molecule has 3 rings (SSSR count). The minimum Gasteiger partial charge on any atom is -0.353 e. The molecular formula is C20H21ClN4OS. The number of thioether (sulfide) groups is 1. The maximum atomic E-state index is 12.2. The first-order valence-corrected chi connectivity index (χ1v) is 10.1. The number of amides is 1. The number of aromatic nitrogens is 3. The number of rotatable bonds is 8. The monoisotopic (exact) mass is 400 g/mol. The molecule has 1 aromatic heterocycles. The Morgan fingerprint density at radius 1 is 1.19 bits per heavy atom. The lowest BCUT2D eigenvalue weighted by molar-refractivity contribution is -0.119. The van der Waals surface area contributed by atoms with E-state index in [1.807, 2.05) is 43.3 Å². The summed E-state index contributed by atoms with van der Waals surface area (Å²) in [5.74, 6) is 0.847. The summed E-state index contributed by atoms with van der Waals surface area (Å²) in [6, 6.07) is 17.8. The Hall–Kier alpha value is -2.31. The Morgan fingerprint density at radius 3 is 2.70 bits per heavy atom. The van der Waals surface area contributed by atoms with Gasteiger partial charge in [0.1, 0.15) is 0 Å². The summed E-state index contributed by atoms with van der Waals surface area (Å²) in [5.41, 5.74) is 2.07. The second-order valence-corrected chi connectivity index (χ2v) is 7.58. The van der Waals surface area contributed by atoms with Gasteiger partial charge < -0.3 is 5.32 Å². The maximum Gasteiger partial charge on any atom is 0.230 e. The van der Waals surface area contributed by atoms with Crippen LogP contribution in [0.1, 0.15) is 18.9 Å². The molecule has 0 fully saturated rings. The van der Waals surface area contributed by atoms with E-state index in [2.05, 4.69) is 32.6 Å². The Kier molecular flexibility index (Phi) is 6.90. The van der Waals surface area contributed by atoms with Gasteiger partial charge in [-0.3, -0.25) is 9.89 Å². The van der Waals surface area contributed by atoms with E-state index in [0.29, 0.717) is 16.0 Å². The van der Waals surface area contributed by atoms with Gasteiger partial charge in [-0.25, -0.2) is 4.98 Å². The first-order chi connectivity index (χ1) is 13.1. The molecule has 0 aliphatic heterocycles. The van der Waals surface area contributed by atoms with E-state index in [0.717, 1.165) is 18.4 Å². The van der Waals surface area contributed by atoms with Crippen molar-refractivity contribution in [3.8, 4) is 11.4 Å². The first kappa shape index (κ1) is 19.5. The van der Waals surface area contributed by atoms with E-state index in [9.17, 15) is 4.79 Å². The minimum absolute atomic E-state index is 0.0235. The lowest BCUT2D eigenvalue weighted by Crippen LogP contribution is -2.34. The van der Waals surface area contributed by atoms with E-state index >= 15 is 0 Å². The van der Waals surface area contributed by atoms with E-state index < -0.39 is 0 Å². The molecular weight excluding hydrogens is 380 g/mol. The predicted molar refractivity (Wildman–Crippen MR) is 110 cm³/mol. The summed E-state index contributed by atoms with van der Waals surface area (Å²) in [6.07, 6.45) is 1.84. The van der Waals surface area contributed by atoms with Crippen LogP contribution in [0.3, 0.4) is 0 Å². The Labute approximate surface area is 167 Å². The van der Waals surface area contributed by atoms with Crippen molar-refractivity contribution < 1.29 is 4.79 Å². The van der Waals surface area contributed by atoms with Crippen LogP contribution in [0.2, 0.25) is 5.02 Å². The van der Waals surface area contributed by atoms with Gasteiger partial charge in [-0.1, -0.05) is 65.8 Å². The predicted octanol–water partition coefficient (Wildman–Crippen LogP) is 4.35. The van der Waals surface area contributed by atoms with Crippen LogP contribution in [0.4, 0.5) is 0 Å². The number of carbonyl (C=O) groups excluding carboxylic acids is 1. The van der Waals surface area contributed by atoms with Crippen molar-refractivity contribution in [1.29, 1.82) is 0 Å². The molecule has 27 heavy (non-hydrogen) atoms. The van der Waals surface area contributed by atoms with Gasteiger partial charge in [-0.05, 0) is 37.5 Å².